The molecule has 2 saturated carbocycles. The number of thiazole rings is 1. The van der Waals surface area contributed by atoms with Gasteiger partial charge in [0.15, 0.2) is 0 Å². The van der Waals surface area contributed by atoms with E-state index in [1.165, 1.54) is 21.8 Å². The van der Waals surface area contributed by atoms with E-state index in [9.17, 15) is 14.4 Å². The van der Waals surface area contributed by atoms with Gasteiger partial charge in [0.1, 0.15) is 0 Å². The van der Waals surface area contributed by atoms with Gasteiger partial charge in [-0.3, -0.25) is 19.3 Å². The van der Waals surface area contributed by atoms with Crippen LogP contribution in [0.25, 0.3) is 0 Å². The first-order valence-corrected chi connectivity index (χ1v) is 13.7. The Kier molecular flexibility index (Phi) is 4.64. The molecule has 0 radical (unpaired) electrons. The first kappa shape index (κ1) is 21.4. The maximum atomic E-state index is 13.7. The van der Waals surface area contributed by atoms with Crippen molar-refractivity contribution in [2.24, 2.45) is 29.6 Å². The number of benzene rings is 2. The zero-order valence-corrected chi connectivity index (χ0v) is 21.0. The van der Waals surface area contributed by atoms with Crippen LogP contribution in [0.4, 0.5) is 11.4 Å². The van der Waals surface area contributed by atoms with E-state index in [0.717, 1.165) is 22.0 Å². The predicted octanol–water partition coefficient (Wildman–Crippen LogP) is 4.18. The molecule has 2 amide bonds. The van der Waals surface area contributed by atoms with Gasteiger partial charge in [0.25, 0.3) is 0 Å². The molecule has 3 heterocycles. The number of fused-ring (bicyclic) bond motifs is 9. The van der Waals surface area contributed by atoms with Crippen LogP contribution in [0, 0.1) is 29.6 Å². The minimum absolute atomic E-state index is 0.0349. The summed E-state index contributed by atoms with van der Waals surface area (Å²) >= 11 is 3.03. The molecule has 178 valence electrons. The average molecular weight is 504 g/mol. The Morgan fingerprint density at radius 2 is 1.60 bits per heavy atom. The molecular formula is C27H25N3O3S2. The van der Waals surface area contributed by atoms with Crippen LogP contribution in [0.15, 0.2) is 64.4 Å². The minimum atomic E-state index is -0.268. The average Bonchev–Trinajstić information content (AvgIpc) is 3.58. The largest absolute Gasteiger partial charge is 0.378 e. The number of aromatic amines is 1. The van der Waals surface area contributed by atoms with Crippen molar-refractivity contribution in [2.75, 3.05) is 23.9 Å². The number of para-hydroxylation sites is 1. The highest BCUT2D eigenvalue weighted by Gasteiger charge is 2.69. The Bertz CT molecular complexity index is 1400. The molecule has 0 unspecified atom stereocenters. The van der Waals surface area contributed by atoms with Gasteiger partial charge >= 0.3 is 4.87 Å². The van der Waals surface area contributed by atoms with Crippen LogP contribution < -0.4 is 14.7 Å². The summed E-state index contributed by atoms with van der Waals surface area (Å²) in [5.41, 5.74) is 2.98. The van der Waals surface area contributed by atoms with Gasteiger partial charge in [-0.1, -0.05) is 41.7 Å². The van der Waals surface area contributed by atoms with Crippen LogP contribution in [0.1, 0.15) is 22.8 Å². The summed E-state index contributed by atoms with van der Waals surface area (Å²) in [5, 5.41) is 1.16. The lowest BCUT2D eigenvalue weighted by molar-refractivity contribution is -0.123. The van der Waals surface area contributed by atoms with Crippen LogP contribution in [-0.2, 0) is 9.59 Å². The number of carbonyl (C=O) groups is 2. The second-order valence-corrected chi connectivity index (χ2v) is 12.5. The Morgan fingerprint density at radius 1 is 0.914 bits per heavy atom. The van der Waals surface area contributed by atoms with Gasteiger partial charge in [0.2, 0.25) is 11.8 Å². The smallest absolute Gasteiger partial charge is 0.305 e. The third kappa shape index (κ3) is 2.93. The van der Waals surface area contributed by atoms with Crippen LogP contribution in [0.5, 0.6) is 0 Å². The van der Waals surface area contributed by atoms with Crippen LogP contribution in [-0.4, -0.2) is 36.1 Å². The number of nitrogens with zero attached hydrogens (tertiary/aromatic N) is 2. The molecular weight excluding hydrogens is 478 g/mol. The van der Waals surface area contributed by atoms with E-state index in [1.54, 1.807) is 11.8 Å². The Hall–Kier alpha value is -2.84. The number of carbonyl (C=O) groups excluding carboxylic acids is 2. The van der Waals surface area contributed by atoms with Gasteiger partial charge < -0.3 is 9.88 Å². The molecule has 3 fully saturated rings. The second-order valence-electron chi connectivity index (χ2n) is 10.3. The molecule has 8 heteroatoms. The maximum Gasteiger partial charge on any atom is 0.305 e. The lowest BCUT2D eigenvalue weighted by Gasteiger charge is -2.43. The fraction of sp³-hybridized carbons (Fsp3) is 0.370. The summed E-state index contributed by atoms with van der Waals surface area (Å²) in [4.78, 5) is 47.3. The molecule has 2 aliphatic carbocycles. The predicted molar refractivity (Wildman–Crippen MR) is 138 cm³/mol. The van der Waals surface area contributed by atoms with Crippen molar-refractivity contribution in [3.8, 4) is 0 Å². The molecule has 2 bridgehead atoms. The number of thioether (sulfide) groups is 1. The number of aromatic nitrogens is 1. The van der Waals surface area contributed by atoms with Gasteiger partial charge in [-0.25, -0.2) is 0 Å². The van der Waals surface area contributed by atoms with Crippen molar-refractivity contribution in [3.05, 3.63) is 74.7 Å². The van der Waals surface area contributed by atoms with Gasteiger partial charge in [-0.15, -0.1) is 11.8 Å². The lowest BCUT2D eigenvalue weighted by atomic mass is 9.68. The Balaban J connectivity index is 1.32. The van der Waals surface area contributed by atoms with Crippen molar-refractivity contribution in [1.82, 2.24) is 4.98 Å². The number of H-pyrrole nitrogens is 1. The van der Waals surface area contributed by atoms with Crippen LogP contribution >= 0.6 is 23.1 Å². The fourth-order valence-electron chi connectivity index (χ4n) is 7.20. The summed E-state index contributed by atoms with van der Waals surface area (Å²) in [6.07, 6.45) is 0.906. The summed E-state index contributed by atoms with van der Waals surface area (Å²) in [7, 11) is 4.05. The zero-order valence-electron chi connectivity index (χ0n) is 19.4. The van der Waals surface area contributed by atoms with Crippen molar-refractivity contribution in [3.63, 3.8) is 0 Å². The number of anilines is 2. The molecule has 3 aromatic rings. The van der Waals surface area contributed by atoms with Gasteiger partial charge in [0, 0.05) is 35.8 Å². The highest BCUT2D eigenvalue weighted by molar-refractivity contribution is 8.00. The number of amides is 2. The van der Waals surface area contributed by atoms with Gasteiger partial charge in [0.05, 0.1) is 22.5 Å². The van der Waals surface area contributed by atoms with E-state index < -0.39 is 0 Å². The van der Waals surface area contributed by atoms with E-state index in [1.807, 2.05) is 44.4 Å². The molecule has 2 aliphatic heterocycles. The topological polar surface area (TPSA) is 73.5 Å². The standard InChI is InChI=1S/C27H25N3O3S2/c1-29(2)14-10-8-13(9-11-14)18-19-16-12-17(22(19)34-24-23(18)35-27(33)28-24)21-20(16)25(31)30(26(21)32)15-6-4-3-5-7-15/h3-11,16-22H,12H2,1-2H3,(H,28,33)/t16-,17-,18-,19+,20-,21-,22+/m1/s1. The lowest BCUT2D eigenvalue weighted by Crippen LogP contribution is -2.42. The number of rotatable bonds is 3. The fourth-order valence-corrected chi connectivity index (χ4v) is 10.1. The van der Waals surface area contributed by atoms with E-state index in [0.29, 0.717) is 5.69 Å². The van der Waals surface area contributed by atoms with E-state index in [-0.39, 0.29) is 57.4 Å². The van der Waals surface area contributed by atoms with Crippen LogP contribution in [0.2, 0.25) is 0 Å². The maximum absolute atomic E-state index is 13.7. The highest BCUT2D eigenvalue weighted by Crippen LogP contribution is 2.68. The minimum Gasteiger partial charge on any atom is -0.378 e. The van der Waals surface area contributed by atoms with Gasteiger partial charge in [-0.2, -0.15) is 0 Å². The SMILES string of the molecule is CN(C)c1ccc([C@H]2c3sc(=O)[nH]c3S[C@H]3[C@@H]4C[C@@H]([C@H]5C(=O)N(c6ccccc6)C(=O)[C@H]45)[C@@H]23)cc1. The summed E-state index contributed by atoms with van der Waals surface area (Å²) in [6, 6.07) is 17.9. The van der Waals surface area contributed by atoms with Crippen molar-refractivity contribution in [2.45, 2.75) is 22.6 Å². The zero-order chi connectivity index (χ0) is 24.0. The summed E-state index contributed by atoms with van der Waals surface area (Å²) < 4.78 is 0. The third-order valence-electron chi connectivity index (χ3n) is 8.51. The molecule has 4 aliphatic rings. The molecule has 7 atom stereocenters. The molecule has 1 saturated heterocycles. The number of imide groups is 1. The molecule has 6 nitrogen and oxygen atoms in total. The Labute approximate surface area is 211 Å². The molecule has 7 rings (SSSR count). The van der Waals surface area contributed by atoms with E-state index in [2.05, 4.69) is 34.1 Å². The molecule has 1 aromatic heterocycles. The normalized spacial score (nSPS) is 32.5. The first-order valence-electron chi connectivity index (χ1n) is 12.0. The molecule has 0 spiro atoms. The second kappa shape index (κ2) is 7.58. The number of nitrogens with one attached hydrogen (secondary N) is 1. The summed E-state index contributed by atoms with van der Waals surface area (Å²) in [5.74, 6) is -0.0580. The molecule has 35 heavy (non-hydrogen) atoms. The third-order valence-corrected chi connectivity index (χ3v) is 11.1. The van der Waals surface area contributed by atoms with Crippen molar-refractivity contribution in [1.29, 1.82) is 0 Å². The molecule has 2 aromatic carbocycles. The van der Waals surface area contributed by atoms with Crippen molar-refractivity contribution >= 4 is 46.3 Å². The van der Waals surface area contributed by atoms with E-state index >= 15 is 0 Å². The van der Waals surface area contributed by atoms with Crippen LogP contribution in [0.3, 0.4) is 0 Å². The Morgan fingerprint density at radius 3 is 2.29 bits per heavy atom. The highest BCUT2D eigenvalue weighted by atomic mass is 32.2. The van der Waals surface area contributed by atoms with Crippen molar-refractivity contribution < 1.29 is 9.59 Å². The van der Waals surface area contributed by atoms with E-state index in [4.69, 9.17) is 0 Å². The number of hydrogen-bond donors (Lipinski definition) is 1. The first-order chi connectivity index (χ1) is 16.9. The van der Waals surface area contributed by atoms with Gasteiger partial charge in [-0.05, 0) is 54.0 Å². The quantitative estimate of drug-likeness (QED) is 0.543. The number of hydrogen-bond acceptors (Lipinski definition) is 6. The monoisotopic (exact) mass is 503 g/mol. The summed E-state index contributed by atoms with van der Waals surface area (Å²) in [6.45, 7) is 0. The molecule has 1 N–H and O–H groups in total.